The first-order valence-corrected chi connectivity index (χ1v) is 7.88. The lowest BCUT2D eigenvalue weighted by Gasteiger charge is -2.23. The molecule has 1 aromatic carbocycles. The number of aliphatic hydroxyl groups excluding tert-OH is 1. The highest BCUT2D eigenvalue weighted by Crippen LogP contribution is 2.22. The average molecular weight is 317 g/mol. The molecular formula is C13H17ClN2O3S. The van der Waals surface area contributed by atoms with Crippen LogP contribution in [-0.2, 0) is 10.0 Å². The average Bonchev–Trinajstić information content (AvgIpc) is 2.37. The predicted octanol–water partition coefficient (Wildman–Crippen LogP) is 1.90. The van der Waals surface area contributed by atoms with Gasteiger partial charge < -0.3 is 5.11 Å². The van der Waals surface area contributed by atoms with E-state index in [1.54, 1.807) is 0 Å². The van der Waals surface area contributed by atoms with E-state index in [0.717, 1.165) is 0 Å². The molecule has 0 saturated heterocycles. The molecule has 7 heteroatoms. The lowest BCUT2D eigenvalue weighted by atomic mass is 9.90. The van der Waals surface area contributed by atoms with Crippen molar-refractivity contribution in [3.05, 3.63) is 28.8 Å². The summed E-state index contributed by atoms with van der Waals surface area (Å²) in [5, 5.41) is 18.1. The van der Waals surface area contributed by atoms with Crippen molar-refractivity contribution >= 4 is 21.6 Å². The van der Waals surface area contributed by atoms with Gasteiger partial charge in [0.2, 0.25) is 10.0 Å². The summed E-state index contributed by atoms with van der Waals surface area (Å²) in [5.74, 6) is 0. The van der Waals surface area contributed by atoms with Gasteiger partial charge in [-0.1, -0.05) is 25.4 Å². The van der Waals surface area contributed by atoms with Gasteiger partial charge in [0, 0.05) is 18.2 Å². The molecule has 0 bridgehead atoms. The monoisotopic (exact) mass is 316 g/mol. The van der Waals surface area contributed by atoms with Gasteiger partial charge in [0.15, 0.2) is 0 Å². The van der Waals surface area contributed by atoms with E-state index in [4.69, 9.17) is 22.0 Å². The molecule has 5 nitrogen and oxygen atoms in total. The lowest BCUT2D eigenvalue weighted by Crippen LogP contribution is -2.34. The molecular weight excluding hydrogens is 300 g/mol. The minimum Gasteiger partial charge on any atom is -0.396 e. The van der Waals surface area contributed by atoms with Gasteiger partial charge in [0.25, 0.3) is 0 Å². The third-order valence-electron chi connectivity index (χ3n) is 2.88. The van der Waals surface area contributed by atoms with Crippen LogP contribution in [0.2, 0.25) is 5.02 Å². The van der Waals surface area contributed by atoms with Crippen molar-refractivity contribution in [1.29, 1.82) is 5.26 Å². The van der Waals surface area contributed by atoms with Gasteiger partial charge >= 0.3 is 0 Å². The van der Waals surface area contributed by atoms with Crippen LogP contribution in [0.3, 0.4) is 0 Å². The molecule has 0 aromatic heterocycles. The number of nitrogens with zero attached hydrogens (tertiary/aromatic N) is 1. The van der Waals surface area contributed by atoms with Crippen LogP contribution in [0.5, 0.6) is 0 Å². The van der Waals surface area contributed by atoms with Crippen LogP contribution in [0.1, 0.15) is 25.8 Å². The van der Waals surface area contributed by atoms with Gasteiger partial charge in [0.1, 0.15) is 11.0 Å². The van der Waals surface area contributed by atoms with Crippen LogP contribution in [0.4, 0.5) is 0 Å². The van der Waals surface area contributed by atoms with E-state index >= 15 is 0 Å². The van der Waals surface area contributed by atoms with Crippen molar-refractivity contribution < 1.29 is 13.5 Å². The second kappa shape index (κ2) is 6.55. The summed E-state index contributed by atoms with van der Waals surface area (Å²) in [5.41, 5.74) is -0.338. The molecule has 1 aromatic rings. The maximum absolute atomic E-state index is 12.2. The van der Waals surface area contributed by atoms with Crippen molar-refractivity contribution in [3.63, 3.8) is 0 Å². The molecule has 0 aliphatic carbocycles. The highest BCUT2D eigenvalue weighted by atomic mass is 35.5. The van der Waals surface area contributed by atoms with E-state index in [1.807, 2.05) is 19.9 Å². The van der Waals surface area contributed by atoms with Crippen molar-refractivity contribution in [3.8, 4) is 6.07 Å². The summed E-state index contributed by atoms with van der Waals surface area (Å²) < 4.78 is 26.9. The van der Waals surface area contributed by atoms with Crippen LogP contribution >= 0.6 is 11.6 Å². The zero-order chi connectivity index (χ0) is 15.4. The van der Waals surface area contributed by atoms with E-state index < -0.39 is 10.0 Å². The number of benzene rings is 1. The number of hydrogen-bond acceptors (Lipinski definition) is 4. The third-order valence-corrected chi connectivity index (χ3v) is 4.56. The number of rotatable bonds is 6. The zero-order valence-corrected chi connectivity index (χ0v) is 12.9. The fraction of sp³-hybridized carbons (Fsp3) is 0.462. The van der Waals surface area contributed by atoms with Crippen LogP contribution in [0, 0.1) is 16.7 Å². The van der Waals surface area contributed by atoms with Gasteiger partial charge in [-0.3, -0.25) is 0 Å². The molecule has 0 spiro atoms. The van der Waals surface area contributed by atoms with Crippen molar-refractivity contribution in [2.75, 3.05) is 13.2 Å². The van der Waals surface area contributed by atoms with Gasteiger partial charge in [-0.05, 0) is 30.0 Å². The van der Waals surface area contributed by atoms with Crippen LogP contribution in [-0.4, -0.2) is 26.7 Å². The van der Waals surface area contributed by atoms with Crippen LogP contribution < -0.4 is 4.72 Å². The molecule has 0 atom stereocenters. The highest BCUT2D eigenvalue weighted by Gasteiger charge is 2.24. The van der Waals surface area contributed by atoms with Crippen molar-refractivity contribution in [2.24, 2.45) is 5.41 Å². The van der Waals surface area contributed by atoms with Crippen molar-refractivity contribution in [2.45, 2.75) is 25.2 Å². The molecule has 0 aliphatic rings. The fourth-order valence-electron chi connectivity index (χ4n) is 1.57. The zero-order valence-electron chi connectivity index (χ0n) is 11.4. The molecule has 0 fully saturated rings. The molecule has 0 unspecified atom stereocenters. The van der Waals surface area contributed by atoms with Gasteiger partial charge in [-0.15, -0.1) is 0 Å². The Labute approximate surface area is 124 Å². The fourth-order valence-corrected chi connectivity index (χ4v) is 3.23. The Balaban J connectivity index is 3.01. The molecule has 0 heterocycles. The number of nitrogens with one attached hydrogen (secondary N) is 1. The number of nitriles is 1. The van der Waals surface area contributed by atoms with Crippen molar-refractivity contribution in [1.82, 2.24) is 4.72 Å². The smallest absolute Gasteiger partial charge is 0.241 e. The standard InChI is InChI=1S/C13H17ClN2O3S/c1-13(2,5-6-17)9-16-20(18,19)12-7-11(14)4-3-10(12)8-15/h3-4,7,16-17H,5-6,9H2,1-2H3. The molecule has 0 radical (unpaired) electrons. The maximum Gasteiger partial charge on any atom is 0.241 e. The van der Waals surface area contributed by atoms with E-state index in [2.05, 4.69) is 4.72 Å². The summed E-state index contributed by atoms with van der Waals surface area (Å²) in [6.45, 7) is 3.83. The van der Waals surface area contributed by atoms with E-state index in [9.17, 15) is 8.42 Å². The van der Waals surface area contributed by atoms with E-state index in [-0.39, 0.29) is 34.0 Å². The number of aliphatic hydroxyl groups is 1. The Bertz CT molecular complexity index is 621. The second-order valence-corrected chi connectivity index (χ2v) is 7.39. The molecule has 0 aliphatic heterocycles. The number of sulfonamides is 1. The van der Waals surface area contributed by atoms with E-state index in [0.29, 0.717) is 6.42 Å². The quantitative estimate of drug-likeness (QED) is 0.838. The summed E-state index contributed by atoms with van der Waals surface area (Å²) in [6.07, 6.45) is 0.468. The van der Waals surface area contributed by atoms with Gasteiger partial charge in [-0.2, -0.15) is 5.26 Å². The Morgan fingerprint density at radius 3 is 2.65 bits per heavy atom. The summed E-state index contributed by atoms with van der Waals surface area (Å²) in [7, 11) is -3.82. The molecule has 0 saturated carbocycles. The predicted molar refractivity (Wildman–Crippen MR) is 76.8 cm³/mol. The minimum absolute atomic E-state index is 0.0185. The SMILES string of the molecule is CC(C)(CCO)CNS(=O)(=O)c1cc(Cl)ccc1C#N. The first-order chi connectivity index (χ1) is 9.22. The number of halogens is 1. The minimum atomic E-state index is -3.82. The molecule has 2 N–H and O–H groups in total. The molecule has 20 heavy (non-hydrogen) atoms. The molecule has 110 valence electrons. The first-order valence-electron chi connectivity index (χ1n) is 6.02. The van der Waals surface area contributed by atoms with E-state index in [1.165, 1.54) is 18.2 Å². The molecule has 0 amide bonds. The topological polar surface area (TPSA) is 90.2 Å². The van der Waals surface area contributed by atoms with Gasteiger partial charge in [0.05, 0.1) is 5.56 Å². The summed E-state index contributed by atoms with van der Waals surface area (Å²) in [6, 6.07) is 5.92. The highest BCUT2D eigenvalue weighted by molar-refractivity contribution is 7.89. The Morgan fingerprint density at radius 1 is 1.45 bits per heavy atom. The largest absolute Gasteiger partial charge is 0.396 e. The Kier molecular flexibility index (Phi) is 5.54. The second-order valence-electron chi connectivity index (χ2n) is 5.21. The summed E-state index contributed by atoms with van der Waals surface area (Å²) >= 11 is 5.78. The third kappa shape index (κ3) is 4.46. The van der Waals surface area contributed by atoms with Crippen LogP contribution in [0.25, 0.3) is 0 Å². The first kappa shape index (κ1) is 16.9. The van der Waals surface area contributed by atoms with Gasteiger partial charge in [-0.25, -0.2) is 13.1 Å². The number of hydrogen-bond donors (Lipinski definition) is 2. The lowest BCUT2D eigenvalue weighted by molar-refractivity contribution is 0.213. The van der Waals surface area contributed by atoms with Crippen LogP contribution in [0.15, 0.2) is 23.1 Å². The maximum atomic E-state index is 12.2. The Morgan fingerprint density at radius 2 is 2.10 bits per heavy atom. The normalized spacial score (nSPS) is 12.2. The Hall–Kier alpha value is -1.13. The molecule has 1 rings (SSSR count). The summed E-state index contributed by atoms with van der Waals surface area (Å²) in [4.78, 5) is -0.132.